The summed E-state index contributed by atoms with van der Waals surface area (Å²) in [4.78, 5) is 21.4. The van der Waals surface area contributed by atoms with Crippen molar-refractivity contribution in [2.45, 2.75) is 32.6 Å². The highest BCUT2D eigenvalue weighted by Gasteiger charge is 2.26. The van der Waals surface area contributed by atoms with E-state index in [-0.39, 0.29) is 5.91 Å². The van der Waals surface area contributed by atoms with Gasteiger partial charge in [0.05, 0.1) is 6.33 Å². The Hall–Kier alpha value is -2.24. The molecule has 1 atom stereocenters. The molecule has 1 fully saturated rings. The van der Waals surface area contributed by atoms with Crippen LogP contribution in [0, 0.1) is 24.5 Å². The molecule has 2 aromatic rings. The molecule has 3 rings (SSSR count). The van der Waals surface area contributed by atoms with Crippen LogP contribution in [0.3, 0.4) is 0 Å². The summed E-state index contributed by atoms with van der Waals surface area (Å²) in [7, 11) is 0. The van der Waals surface area contributed by atoms with Crippen LogP contribution in [0.25, 0.3) is 0 Å². The topological polar surface area (TPSA) is 49.0 Å². The van der Waals surface area contributed by atoms with Gasteiger partial charge < -0.3 is 9.88 Å². The van der Waals surface area contributed by atoms with Crippen LogP contribution in [-0.2, 0) is 6.42 Å². The van der Waals surface area contributed by atoms with Crippen molar-refractivity contribution in [2.24, 2.45) is 5.92 Å². The second-order valence-electron chi connectivity index (χ2n) is 6.41. The summed E-state index contributed by atoms with van der Waals surface area (Å²) in [6.45, 7) is 3.22. The number of nitrogens with zero attached hydrogens (tertiary/aromatic N) is 2. The molecule has 1 aromatic heterocycles. The smallest absolute Gasteiger partial charge is 0.274 e. The number of nitrogens with one attached hydrogen (secondary N) is 1. The fourth-order valence-corrected chi connectivity index (χ4v) is 3.29. The van der Waals surface area contributed by atoms with Crippen molar-refractivity contribution in [1.29, 1.82) is 0 Å². The summed E-state index contributed by atoms with van der Waals surface area (Å²) in [5.74, 6) is -0.774. The summed E-state index contributed by atoms with van der Waals surface area (Å²) in [5.41, 5.74) is 1.78. The normalized spacial score (nSPS) is 18.0. The average molecular weight is 333 g/mol. The van der Waals surface area contributed by atoms with Crippen LogP contribution in [0.2, 0.25) is 0 Å². The maximum Gasteiger partial charge on any atom is 0.274 e. The van der Waals surface area contributed by atoms with Crippen molar-refractivity contribution < 1.29 is 13.6 Å². The summed E-state index contributed by atoms with van der Waals surface area (Å²) in [6.07, 6.45) is 4.82. The van der Waals surface area contributed by atoms with Crippen LogP contribution in [0.4, 0.5) is 8.78 Å². The van der Waals surface area contributed by atoms with Gasteiger partial charge in [0.2, 0.25) is 0 Å². The molecule has 0 aliphatic carbocycles. The van der Waals surface area contributed by atoms with Gasteiger partial charge in [0.25, 0.3) is 5.91 Å². The van der Waals surface area contributed by atoms with Gasteiger partial charge in [0.15, 0.2) is 0 Å². The fraction of sp³-hybridized carbons (Fsp3) is 0.444. The zero-order valence-corrected chi connectivity index (χ0v) is 13.7. The molecule has 24 heavy (non-hydrogen) atoms. The van der Waals surface area contributed by atoms with Gasteiger partial charge in [0, 0.05) is 24.8 Å². The van der Waals surface area contributed by atoms with E-state index in [0.29, 0.717) is 30.1 Å². The number of hydrogen-bond acceptors (Lipinski definition) is 2. The fourth-order valence-electron chi connectivity index (χ4n) is 3.29. The number of amides is 1. The Bertz CT molecular complexity index is 729. The average Bonchev–Trinajstić information content (AvgIpc) is 3.00. The van der Waals surface area contributed by atoms with Crippen LogP contribution in [-0.4, -0.2) is 33.9 Å². The molecule has 1 amide bonds. The highest BCUT2D eigenvalue weighted by atomic mass is 19.1. The van der Waals surface area contributed by atoms with Gasteiger partial charge in [-0.1, -0.05) is 6.07 Å². The number of imidazole rings is 1. The van der Waals surface area contributed by atoms with Crippen LogP contribution in [0.15, 0.2) is 24.5 Å². The number of halogens is 2. The Morgan fingerprint density at radius 3 is 2.96 bits per heavy atom. The molecule has 0 spiro atoms. The van der Waals surface area contributed by atoms with Gasteiger partial charge in [0.1, 0.15) is 17.3 Å². The third-order valence-electron chi connectivity index (χ3n) is 4.68. The monoisotopic (exact) mass is 333 g/mol. The van der Waals surface area contributed by atoms with Gasteiger partial charge >= 0.3 is 0 Å². The molecule has 1 saturated heterocycles. The van der Waals surface area contributed by atoms with Crippen LogP contribution in [0.5, 0.6) is 0 Å². The third kappa shape index (κ3) is 3.63. The number of aryl methyl sites for hydroxylation is 2. The molecule has 0 unspecified atom stereocenters. The van der Waals surface area contributed by atoms with Crippen LogP contribution < -0.4 is 0 Å². The molecule has 4 nitrogen and oxygen atoms in total. The van der Waals surface area contributed by atoms with Crippen LogP contribution in [0.1, 0.15) is 41.0 Å². The summed E-state index contributed by atoms with van der Waals surface area (Å²) in [5, 5.41) is 0. The molecule has 0 saturated carbocycles. The number of likely N-dealkylation sites (tertiary alicyclic amines) is 1. The molecule has 0 radical (unpaired) electrons. The van der Waals surface area contributed by atoms with Crippen molar-refractivity contribution in [1.82, 2.24) is 14.9 Å². The molecule has 1 aliphatic heterocycles. The number of carbonyl (C=O) groups is 1. The molecule has 2 heterocycles. The largest absolute Gasteiger partial charge is 0.348 e. The number of H-pyrrole nitrogens is 1. The second kappa shape index (κ2) is 7.11. The predicted molar refractivity (Wildman–Crippen MR) is 86.6 cm³/mol. The van der Waals surface area contributed by atoms with Crippen molar-refractivity contribution >= 4 is 5.91 Å². The quantitative estimate of drug-likeness (QED) is 0.931. The van der Waals surface area contributed by atoms with E-state index in [1.165, 1.54) is 18.5 Å². The first-order chi connectivity index (χ1) is 11.5. The van der Waals surface area contributed by atoms with E-state index < -0.39 is 11.6 Å². The standard InChI is InChI=1S/C18H21F2N3O/c1-12-17(22-11-21-12)18(24)23-8-2-3-13(10-23)4-5-14-6-7-15(19)9-16(14)20/h6-7,9,11,13H,2-5,8,10H2,1H3,(H,21,22)/t13-/m0/s1. The number of rotatable bonds is 4. The first-order valence-corrected chi connectivity index (χ1v) is 8.27. The van der Waals surface area contributed by atoms with E-state index in [0.717, 1.165) is 37.6 Å². The number of aromatic amines is 1. The van der Waals surface area contributed by atoms with Gasteiger partial charge in [-0.2, -0.15) is 0 Å². The molecule has 128 valence electrons. The predicted octanol–water partition coefficient (Wildman–Crippen LogP) is 3.48. The minimum absolute atomic E-state index is 0.0496. The lowest BCUT2D eigenvalue weighted by Gasteiger charge is -2.32. The Balaban J connectivity index is 1.59. The number of carbonyl (C=O) groups excluding carboxylic acids is 1. The lowest BCUT2D eigenvalue weighted by atomic mass is 9.91. The zero-order valence-electron chi connectivity index (χ0n) is 13.7. The summed E-state index contributed by atoms with van der Waals surface area (Å²) >= 11 is 0. The molecule has 6 heteroatoms. The molecule has 1 aromatic carbocycles. The zero-order chi connectivity index (χ0) is 17.1. The summed E-state index contributed by atoms with van der Waals surface area (Å²) in [6, 6.07) is 3.71. The highest BCUT2D eigenvalue weighted by Crippen LogP contribution is 2.24. The van der Waals surface area contributed by atoms with E-state index in [4.69, 9.17) is 0 Å². The first kappa shape index (κ1) is 16.6. The highest BCUT2D eigenvalue weighted by molar-refractivity contribution is 5.93. The molecule has 0 bridgehead atoms. The number of hydrogen-bond donors (Lipinski definition) is 1. The van der Waals surface area contributed by atoms with Gasteiger partial charge in [-0.05, 0) is 50.2 Å². The first-order valence-electron chi connectivity index (χ1n) is 8.27. The minimum atomic E-state index is -0.555. The Morgan fingerprint density at radius 2 is 2.25 bits per heavy atom. The van der Waals surface area contributed by atoms with Crippen molar-refractivity contribution in [3.05, 3.63) is 53.1 Å². The van der Waals surface area contributed by atoms with Crippen LogP contribution >= 0.6 is 0 Å². The van der Waals surface area contributed by atoms with Crippen molar-refractivity contribution in [3.63, 3.8) is 0 Å². The van der Waals surface area contributed by atoms with Gasteiger partial charge in [-0.3, -0.25) is 4.79 Å². The molecular weight excluding hydrogens is 312 g/mol. The third-order valence-corrected chi connectivity index (χ3v) is 4.68. The van der Waals surface area contributed by atoms with Crippen molar-refractivity contribution in [2.75, 3.05) is 13.1 Å². The van der Waals surface area contributed by atoms with E-state index in [1.807, 2.05) is 11.8 Å². The molecular formula is C18H21F2N3O. The van der Waals surface area contributed by atoms with E-state index in [1.54, 1.807) is 0 Å². The Morgan fingerprint density at radius 1 is 1.42 bits per heavy atom. The Labute approximate surface area is 139 Å². The van der Waals surface area contributed by atoms with E-state index >= 15 is 0 Å². The second-order valence-corrected chi connectivity index (χ2v) is 6.41. The SMILES string of the molecule is Cc1[nH]cnc1C(=O)N1CCC[C@@H](CCc2ccc(F)cc2F)C1. The maximum atomic E-state index is 13.7. The summed E-state index contributed by atoms with van der Waals surface area (Å²) < 4.78 is 26.7. The van der Waals surface area contributed by atoms with E-state index in [9.17, 15) is 13.6 Å². The van der Waals surface area contributed by atoms with Crippen molar-refractivity contribution in [3.8, 4) is 0 Å². The number of aromatic nitrogens is 2. The van der Waals surface area contributed by atoms with Gasteiger partial charge in [-0.25, -0.2) is 13.8 Å². The lowest BCUT2D eigenvalue weighted by Crippen LogP contribution is -2.40. The number of piperidine rings is 1. The Kier molecular flexibility index (Phi) is 4.92. The lowest BCUT2D eigenvalue weighted by molar-refractivity contribution is 0.0662. The molecule has 1 N–H and O–H groups in total. The maximum absolute atomic E-state index is 13.7. The van der Waals surface area contributed by atoms with E-state index in [2.05, 4.69) is 9.97 Å². The molecule has 1 aliphatic rings. The van der Waals surface area contributed by atoms with Gasteiger partial charge in [-0.15, -0.1) is 0 Å². The minimum Gasteiger partial charge on any atom is -0.348 e. The number of benzene rings is 1.